The zero-order chi connectivity index (χ0) is 26.5. The second-order valence-corrected chi connectivity index (χ2v) is 9.78. The average Bonchev–Trinajstić information content (AvgIpc) is 3.30. The Morgan fingerprint density at radius 3 is 2.29 bits per heavy atom. The first kappa shape index (κ1) is 25.8. The van der Waals surface area contributed by atoms with Crippen molar-refractivity contribution in [3.05, 3.63) is 123 Å². The molecule has 1 aliphatic rings. The minimum absolute atomic E-state index is 0.175. The molecule has 38 heavy (non-hydrogen) atoms. The Bertz CT molecular complexity index is 1510. The van der Waals surface area contributed by atoms with Gasteiger partial charge in [0.25, 0.3) is 0 Å². The van der Waals surface area contributed by atoms with Gasteiger partial charge in [0.05, 0.1) is 11.6 Å². The topological polar surface area (TPSA) is 57.1 Å². The van der Waals surface area contributed by atoms with Crippen LogP contribution in [0.25, 0.3) is 17.2 Å². The van der Waals surface area contributed by atoms with Crippen molar-refractivity contribution >= 4 is 45.5 Å². The van der Waals surface area contributed by atoms with E-state index in [1.807, 2.05) is 85.8 Å². The lowest BCUT2D eigenvalue weighted by Crippen LogP contribution is -2.05. The van der Waals surface area contributed by atoms with Crippen LogP contribution in [0.2, 0.25) is 5.02 Å². The number of aliphatic imine (C=N–C) groups is 1. The van der Waals surface area contributed by atoms with Crippen LogP contribution in [0.5, 0.6) is 11.5 Å². The zero-order valence-corrected chi connectivity index (χ0v) is 22.8. The quantitative estimate of drug-likeness (QED) is 0.154. The maximum Gasteiger partial charge on any atom is 0.363 e. The van der Waals surface area contributed by atoms with Gasteiger partial charge in [0.15, 0.2) is 17.2 Å². The summed E-state index contributed by atoms with van der Waals surface area (Å²) in [5.74, 6) is 0.648. The minimum atomic E-state index is -0.531. The van der Waals surface area contributed by atoms with Gasteiger partial charge in [-0.05, 0) is 71.7 Å². The number of esters is 1. The van der Waals surface area contributed by atoms with Gasteiger partial charge in [-0.25, -0.2) is 9.79 Å². The molecule has 1 heterocycles. The fraction of sp³-hybridized carbons (Fsp3) is 0.0968. The Morgan fingerprint density at radius 1 is 0.895 bits per heavy atom. The Kier molecular flexibility index (Phi) is 7.91. The summed E-state index contributed by atoms with van der Waals surface area (Å²) < 4.78 is 18.2. The normalized spacial score (nSPS) is 13.8. The minimum Gasteiger partial charge on any atom is -0.490 e. The molecular weight excluding hydrogens is 566 g/mol. The molecule has 0 atom stereocenters. The van der Waals surface area contributed by atoms with Crippen molar-refractivity contribution in [3.63, 3.8) is 0 Å². The summed E-state index contributed by atoms with van der Waals surface area (Å²) >= 11 is 10.0. The van der Waals surface area contributed by atoms with E-state index in [4.69, 9.17) is 25.8 Å². The highest BCUT2D eigenvalue weighted by atomic mass is 79.9. The van der Waals surface area contributed by atoms with Gasteiger partial charge in [-0.1, -0.05) is 82.1 Å². The van der Waals surface area contributed by atoms with Crippen molar-refractivity contribution in [3.8, 4) is 22.6 Å². The lowest BCUT2D eigenvalue weighted by molar-refractivity contribution is -0.129. The second-order valence-electron chi connectivity index (χ2n) is 8.46. The predicted molar refractivity (Wildman–Crippen MR) is 154 cm³/mol. The molecule has 0 N–H and O–H groups in total. The Hall–Kier alpha value is -3.87. The maximum atomic E-state index is 12.6. The van der Waals surface area contributed by atoms with Crippen LogP contribution >= 0.6 is 27.5 Å². The molecule has 0 unspecified atom stereocenters. The molecule has 4 aromatic rings. The molecule has 190 valence electrons. The first-order valence-electron chi connectivity index (χ1n) is 12.0. The van der Waals surface area contributed by atoms with Gasteiger partial charge in [0.1, 0.15) is 6.61 Å². The van der Waals surface area contributed by atoms with Gasteiger partial charge in [0, 0.05) is 10.0 Å². The Balaban J connectivity index is 1.37. The van der Waals surface area contributed by atoms with E-state index < -0.39 is 5.97 Å². The third-order valence-corrected chi connectivity index (χ3v) is 6.60. The van der Waals surface area contributed by atoms with E-state index in [1.165, 1.54) is 0 Å². The van der Waals surface area contributed by atoms with E-state index in [9.17, 15) is 4.79 Å². The zero-order valence-electron chi connectivity index (χ0n) is 20.5. The van der Waals surface area contributed by atoms with E-state index in [0.29, 0.717) is 40.9 Å². The molecule has 0 bridgehead atoms. The first-order chi connectivity index (χ1) is 18.5. The molecule has 0 radical (unpaired) electrons. The molecule has 0 spiro atoms. The van der Waals surface area contributed by atoms with Crippen LogP contribution in [0.4, 0.5) is 0 Å². The van der Waals surface area contributed by atoms with E-state index in [1.54, 1.807) is 18.2 Å². The van der Waals surface area contributed by atoms with E-state index in [0.717, 1.165) is 21.2 Å². The molecule has 0 aliphatic carbocycles. The van der Waals surface area contributed by atoms with E-state index in [-0.39, 0.29) is 11.6 Å². The SMILES string of the molecule is CCOc1cc(/C=C2\N=C(c3ccc(-c4ccccc4)cc3)OC2=O)cc(Cl)c1OCc1ccc(Br)cc1. The number of hydrogen-bond donors (Lipinski definition) is 0. The van der Waals surface area contributed by atoms with Gasteiger partial charge in [-0.15, -0.1) is 0 Å². The molecule has 0 aromatic heterocycles. The number of rotatable bonds is 8. The van der Waals surface area contributed by atoms with Crippen LogP contribution in [0.15, 0.2) is 106 Å². The molecular formula is C31H23BrClNO4. The van der Waals surface area contributed by atoms with Crippen LogP contribution in [0.3, 0.4) is 0 Å². The average molecular weight is 589 g/mol. The fourth-order valence-electron chi connectivity index (χ4n) is 3.94. The first-order valence-corrected chi connectivity index (χ1v) is 13.2. The van der Waals surface area contributed by atoms with Crippen LogP contribution in [-0.2, 0) is 16.1 Å². The van der Waals surface area contributed by atoms with Gasteiger partial charge < -0.3 is 14.2 Å². The summed E-state index contributed by atoms with van der Waals surface area (Å²) in [6, 6.07) is 29.1. The monoisotopic (exact) mass is 587 g/mol. The molecule has 1 aliphatic heterocycles. The van der Waals surface area contributed by atoms with Crippen LogP contribution in [-0.4, -0.2) is 18.5 Å². The summed E-state index contributed by atoms with van der Waals surface area (Å²) in [7, 11) is 0. The number of benzene rings is 4. The fourth-order valence-corrected chi connectivity index (χ4v) is 4.47. The maximum absolute atomic E-state index is 12.6. The van der Waals surface area contributed by atoms with Crippen LogP contribution in [0, 0.1) is 0 Å². The number of halogens is 2. The third-order valence-electron chi connectivity index (χ3n) is 5.79. The lowest BCUT2D eigenvalue weighted by atomic mass is 10.0. The molecule has 0 saturated carbocycles. The lowest BCUT2D eigenvalue weighted by Gasteiger charge is -2.14. The van der Waals surface area contributed by atoms with Crippen LogP contribution in [0.1, 0.15) is 23.6 Å². The highest BCUT2D eigenvalue weighted by Gasteiger charge is 2.24. The number of carbonyl (C=O) groups is 1. The summed E-state index contributed by atoms with van der Waals surface area (Å²) in [4.78, 5) is 17.0. The smallest absolute Gasteiger partial charge is 0.363 e. The molecule has 0 amide bonds. The van der Waals surface area contributed by atoms with Gasteiger partial charge in [0.2, 0.25) is 5.90 Å². The van der Waals surface area contributed by atoms with E-state index >= 15 is 0 Å². The molecule has 5 nitrogen and oxygen atoms in total. The standard InChI is InChI=1S/C31H23BrClNO4/c1-2-36-28-18-21(16-26(33)29(28)37-19-20-8-14-25(32)15-9-20)17-27-31(35)38-30(34-27)24-12-10-23(11-13-24)22-6-4-3-5-7-22/h3-18H,2,19H2,1H3/b27-17-. The second kappa shape index (κ2) is 11.7. The summed E-state index contributed by atoms with van der Waals surface area (Å²) in [6.45, 7) is 2.64. The van der Waals surface area contributed by atoms with Crippen molar-refractivity contribution in [2.24, 2.45) is 4.99 Å². The van der Waals surface area contributed by atoms with Gasteiger partial charge >= 0.3 is 5.97 Å². The number of carbonyl (C=O) groups excluding carboxylic acids is 1. The molecule has 0 fully saturated rings. The van der Waals surface area contributed by atoms with Crippen molar-refractivity contribution < 1.29 is 19.0 Å². The van der Waals surface area contributed by atoms with Crippen molar-refractivity contribution in [1.82, 2.24) is 0 Å². The van der Waals surface area contributed by atoms with Crippen molar-refractivity contribution in [2.45, 2.75) is 13.5 Å². The van der Waals surface area contributed by atoms with Crippen molar-refractivity contribution in [1.29, 1.82) is 0 Å². The summed E-state index contributed by atoms with van der Waals surface area (Å²) in [6.07, 6.45) is 1.63. The number of cyclic esters (lactones) is 1. The van der Waals surface area contributed by atoms with Crippen molar-refractivity contribution in [2.75, 3.05) is 6.61 Å². The predicted octanol–water partition coefficient (Wildman–Crippen LogP) is 8.09. The number of nitrogens with zero attached hydrogens (tertiary/aromatic N) is 1. The Labute approximate surface area is 234 Å². The van der Waals surface area contributed by atoms with Crippen LogP contribution < -0.4 is 9.47 Å². The Morgan fingerprint density at radius 2 is 1.58 bits per heavy atom. The van der Waals surface area contributed by atoms with Gasteiger partial charge in [-0.2, -0.15) is 0 Å². The largest absolute Gasteiger partial charge is 0.490 e. The third kappa shape index (κ3) is 5.98. The molecule has 4 aromatic carbocycles. The number of hydrogen-bond acceptors (Lipinski definition) is 5. The van der Waals surface area contributed by atoms with E-state index in [2.05, 4.69) is 20.9 Å². The summed E-state index contributed by atoms with van der Waals surface area (Å²) in [5.41, 5.74) is 4.70. The highest BCUT2D eigenvalue weighted by Crippen LogP contribution is 2.38. The molecule has 0 saturated heterocycles. The summed E-state index contributed by atoms with van der Waals surface area (Å²) in [5, 5.41) is 0.368. The highest BCUT2D eigenvalue weighted by molar-refractivity contribution is 9.10. The number of ether oxygens (including phenoxy) is 3. The molecule has 7 heteroatoms. The van der Waals surface area contributed by atoms with Gasteiger partial charge in [-0.3, -0.25) is 0 Å². The molecule has 5 rings (SSSR count).